The zero-order chi connectivity index (χ0) is 17.7. The topological polar surface area (TPSA) is 86.8 Å². The van der Waals surface area contributed by atoms with Crippen LogP contribution in [0, 0.1) is 0 Å². The Labute approximate surface area is 142 Å². The lowest BCUT2D eigenvalue weighted by Crippen LogP contribution is -2.48. The van der Waals surface area contributed by atoms with Crippen LogP contribution in [0.25, 0.3) is 0 Å². The summed E-state index contributed by atoms with van der Waals surface area (Å²) in [6, 6.07) is 6.08. The first kappa shape index (κ1) is 18.4. The molecule has 1 saturated heterocycles. The lowest BCUT2D eigenvalue weighted by Gasteiger charge is -2.31. The van der Waals surface area contributed by atoms with Gasteiger partial charge in [0.15, 0.2) is 0 Å². The second-order valence-corrected chi connectivity index (χ2v) is 7.79. The molecule has 0 aliphatic carbocycles. The van der Waals surface area contributed by atoms with Gasteiger partial charge < -0.3 is 10.2 Å². The quantitative estimate of drug-likeness (QED) is 0.762. The molecule has 1 N–H and O–H groups in total. The summed E-state index contributed by atoms with van der Waals surface area (Å²) >= 11 is 0. The Balaban J connectivity index is 2.18. The molecule has 2 rings (SSSR count). The zero-order valence-corrected chi connectivity index (χ0v) is 14.8. The van der Waals surface area contributed by atoms with Gasteiger partial charge in [-0.2, -0.15) is 4.31 Å². The fourth-order valence-corrected chi connectivity index (χ4v) is 3.87. The van der Waals surface area contributed by atoms with Crippen molar-refractivity contribution >= 4 is 22.3 Å². The van der Waals surface area contributed by atoms with Crippen LogP contribution in [0.4, 0.5) is 0 Å². The normalized spacial score (nSPS) is 17.3. The molecule has 132 valence electrons. The van der Waals surface area contributed by atoms with E-state index in [0.717, 1.165) is 12.8 Å². The van der Waals surface area contributed by atoms with Crippen LogP contribution in [-0.2, 0) is 14.8 Å². The lowest BCUT2D eigenvalue weighted by molar-refractivity contribution is -0.119. The van der Waals surface area contributed by atoms with Crippen molar-refractivity contribution in [3.8, 4) is 0 Å². The molecule has 1 aromatic rings. The third-order valence-corrected chi connectivity index (χ3v) is 6.04. The van der Waals surface area contributed by atoms with Crippen molar-refractivity contribution in [2.45, 2.75) is 31.2 Å². The average Bonchev–Trinajstić information content (AvgIpc) is 2.61. The van der Waals surface area contributed by atoms with E-state index < -0.39 is 10.0 Å². The van der Waals surface area contributed by atoms with Crippen molar-refractivity contribution in [3.05, 3.63) is 29.8 Å². The molecule has 8 heteroatoms. The van der Waals surface area contributed by atoms with E-state index in [0.29, 0.717) is 18.7 Å². The van der Waals surface area contributed by atoms with Gasteiger partial charge in [-0.15, -0.1) is 0 Å². The van der Waals surface area contributed by atoms with Gasteiger partial charge in [0, 0.05) is 37.8 Å². The van der Waals surface area contributed by atoms with Crippen LogP contribution >= 0.6 is 0 Å². The first-order valence-corrected chi connectivity index (χ1v) is 9.43. The van der Waals surface area contributed by atoms with Gasteiger partial charge in [-0.3, -0.25) is 9.59 Å². The van der Waals surface area contributed by atoms with Crippen molar-refractivity contribution in [3.63, 3.8) is 0 Å². The Hall–Kier alpha value is -1.93. The van der Waals surface area contributed by atoms with Gasteiger partial charge in [0.1, 0.15) is 0 Å². The van der Waals surface area contributed by atoms with Crippen LogP contribution in [0.3, 0.4) is 0 Å². The summed E-state index contributed by atoms with van der Waals surface area (Å²) in [5, 5.41) is 2.82. The highest BCUT2D eigenvalue weighted by Crippen LogP contribution is 2.18. The summed E-state index contributed by atoms with van der Waals surface area (Å²) in [4.78, 5) is 24.6. The third kappa shape index (κ3) is 4.12. The Morgan fingerprint density at radius 1 is 1.29 bits per heavy atom. The van der Waals surface area contributed by atoms with E-state index in [-0.39, 0.29) is 29.9 Å². The van der Waals surface area contributed by atoms with Gasteiger partial charge in [-0.1, -0.05) is 13.0 Å². The first-order chi connectivity index (χ1) is 11.4. The fourth-order valence-electron chi connectivity index (χ4n) is 2.41. The molecule has 1 aliphatic rings. The maximum Gasteiger partial charge on any atom is 0.251 e. The van der Waals surface area contributed by atoms with E-state index in [2.05, 4.69) is 5.32 Å². The molecule has 24 heavy (non-hydrogen) atoms. The SMILES string of the molecule is CCC(C)NC(=O)c1cccc(S(=O)(=O)N2CCN(C=O)CC2)c1. The van der Waals surface area contributed by atoms with Crippen LogP contribution in [0.5, 0.6) is 0 Å². The minimum absolute atomic E-state index is 0.0224. The summed E-state index contributed by atoms with van der Waals surface area (Å²) < 4.78 is 26.8. The molecular formula is C16H23N3O4S. The highest BCUT2D eigenvalue weighted by Gasteiger charge is 2.28. The molecule has 0 aromatic heterocycles. The minimum atomic E-state index is -3.67. The largest absolute Gasteiger partial charge is 0.350 e. The van der Waals surface area contributed by atoms with E-state index >= 15 is 0 Å². The van der Waals surface area contributed by atoms with Gasteiger partial charge in [-0.25, -0.2) is 8.42 Å². The number of carbonyl (C=O) groups excluding carboxylic acids is 2. The third-order valence-electron chi connectivity index (χ3n) is 4.15. The fraction of sp³-hybridized carbons (Fsp3) is 0.500. The number of nitrogens with one attached hydrogen (secondary N) is 1. The Bertz CT molecular complexity index is 697. The Morgan fingerprint density at radius 2 is 1.96 bits per heavy atom. The van der Waals surface area contributed by atoms with Gasteiger partial charge >= 0.3 is 0 Å². The van der Waals surface area contributed by atoms with Gasteiger partial charge in [0.25, 0.3) is 5.91 Å². The number of benzene rings is 1. The van der Waals surface area contributed by atoms with Crippen molar-refractivity contribution < 1.29 is 18.0 Å². The number of rotatable bonds is 6. The number of nitrogens with zero attached hydrogens (tertiary/aromatic N) is 2. The van der Waals surface area contributed by atoms with Crippen molar-refractivity contribution in [2.75, 3.05) is 26.2 Å². The molecule has 1 heterocycles. The maximum atomic E-state index is 12.7. The van der Waals surface area contributed by atoms with E-state index in [4.69, 9.17) is 0 Å². The van der Waals surface area contributed by atoms with Crippen LogP contribution < -0.4 is 5.32 Å². The van der Waals surface area contributed by atoms with Crippen molar-refractivity contribution in [1.82, 2.24) is 14.5 Å². The van der Waals surface area contributed by atoms with Crippen LogP contribution in [0.15, 0.2) is 29.2 Å². The Kier molecular flexibility index (Phi) is 5.95. The van der Waals surface area contributed by atoms with Crippen LogP contribution in [-0.4, -0.2) is 62.2 Å². The Morgan fingerprint density at radius 3 is 2.54 bits per heavy atom. The summed E-state index contributed by atoms with van der Waals surface area (Å²) in [7, 11) is -3.67. The van der Waals surface area contributed by atoms with Gasteiger partial charge in [0.05, 0.1) is 4.90 Å². The standard InChI is InChI=1S/C16H23N3O4S/c1-3-13(2)17-16(21)14-5-4-6-15(11-14)24(22,23)19-9-7-18(12-20)8-10-19/h4-6,11-13H,3,7-10H2,1-2H3,(H,17,21). The summed E-state index contributed by atoms with van der Waals surface area (Å²) in [5.41, 5.74) is 0.322. The molecule has 0 spiro atoms. The number of hydrogen-bond acceptors (Lipinski definition) is 4. The monoisotopic (exact) mass is 353 g/mol. The van der Waals surface area contributed by atoms with E-state index in [9.17, 15) is 18.0 Å². The molecule has 1 fully saturated rings. The van der Waals surface area contributed by atoms with E-state index in [1.165, 1.54) is 16.4 Å². The number of piperazine rings is 1. The number of hydrogen-bond donors (Lipinski definition) is 1. The van der Waals surface area contributed by atoms with E-state index in [1.807, 2.05) is 13.8 Å². The van der Waals surface area contributed by atoms with Crippen LogP contribution in [0.1, 0.15) is 30.6 Å². The predicted molar refractivity (Wildman–Crippen MR) is 90.1 cm³/mol. The van der Waals surface area contributed by atoms with Crippen molar-refractivity contribution in [1.29, 1.82) is 0 Å². The van der Waals surface area contributed by atoms with Crippen molar-refractivity contribution in [2.24, 2.45) is 0 Å². The number of carbonyl (C=O) groups is 2. The smallest absolute Gasteiger partial charge is 0.251 e. The summed E-state index contributed by atoms with van der Waals surface area (Å²) in [6.07, 6.45) is 1.52. The predicted octanol–water partition coefficient (Wildman–Crippen LogP) is 0.678. The molecule has 7 nitrogen and oxygen atoms in total. The second-order valence-electron chi connectivity index (χ2n) is 5.86. The molecule has 1 atom stereocenters. The second kappa shape index (κ2) is 7.76. The molecule has 2 amide bonds. The zero-order valence-electron chi connectivity index (χ0n) is 13.9. The average molecular weight is 353 g/mol. The lowest BCUT2D eigenvalue weighted by atomic mass is 10.2. The minimum Gasteiger partial charge on any atom is -0.350 e. The highest BCUT2D eigenvalue weighted by molar-refractivity contribution is 7.89. The molecule has 1 aromatic carbocycles. The van der Waals surface area contributed by atoms with Gasteiger partial charge in [0.2, 0.25) is 16.4 Å². The van der Waals surface area contributed by atoms with E-state index in [1.54, 1.807) is 17.0 Å². The summed E-state index contributed by atoms with van der Waals surface area (Å²) in [6.45, 7) is 5.11. The highest BCUT2D eigenvalue weighted by atomic mass is 32.2. The van der Waals surface area contributed by atoms with Gasteiger partial charge in [-0.05, 0) is 31.5 Å². The van der Waals surface area contributed by atoms with Crippen LogP contribution in [0.2, 0.25) is 0 Å². The molecule has 0 radical (unpaired) electrons. The maximum absolute atomic E-state index is 12.7. The number of sulfonamides is 1. The molecular weight excluding hydrogens is 330 g/mol. The summed E-state index contributed by atoms with van der Waals surface area (Å²) in [5.74, 6) is -0.285. The molecule has 1 aliphatic heterocycles. The molecule has 0 saturated carbocycles. The first-order valence-electron chi connectivity index (χ1n) is 7.99. The molecule has 0 bridgehead atoms. The number of amides is 2. The molecule has 1 unspecified atom stereocenters.